The lowest BCUT2D eigenvalue weighted by atomic mass is 9.97. The highest BCUT2D eigenvalue weighted by Crippen LogP contribution is 2.24. The second kappa shape index (κ2) is 11.9. The summed E-state index contributed by atoms with van der Waals surface area (Å²) in [6, 6.07) is 5.38. The molecular weight excluding hydrogens is 542 g/mol. The number of guanidine groups is 1. The van der Waals surface area contributed by atoms with E-state index in [9.17, 15) is 13.2 Å². The van der Waals surface area contributed by atoms with Crippen molar-refractivity contribution in [2.75, 3.05) is 25.0 Å². The number of aryl methyl sites for hydroxylation is 1. The van der Waals surface area contributed by atoms with E-state index in [1.165, 1.54) is 29.3 Å². The fraction of sp³-hybridized carbons (Fsp3) is 0.500. The smallest absolute Gasteiger partial charge is 0.406 e. The molecule has 0 atom stereocenters. The number of halogens is 4. The van der Waals surface area contributed by atoms with Crippen LogP contribution < -0.4 is 15.8 Å². The zero-order valence-corrected chi connectivity index (χ0v) is 20.3. The normalized spacial score (nSPS) is 16.1. The van der Waals surface area contributed by atoms with Crippen LogP contribution in [0.4, 0.5) is 18.9 Å². The molecule has 0 radical (unpaired) electrons. The number of hydrogen-bond donors (Lipinski definition) is 2. The van der Waals surface area contributed by atoms with Crippen molar-refractivity contribution in [3.8, 4) is 5.75 Å². The number of alkyl halides is 3. The first-order valence-corrected chi connectivity index (χ1v) is 10.8. The topological polar surface area (TPSA) is 75.8 Å². The van der Waals surface area contributed by atoms with Crippen molar-refractivity contribution < 1.29 is 17.9 Å². The number of nitrogens with zero attached hydrogens (tertiary/aromatic N) is 3. The number of rotatable bonds is 7. The number of benzene rings is 1. The molecule has 2 heterocycles. The van der Waals surface area contributed by atoms with Crippen LogP contribution in [0.25, 0.3) is 0 Å². The van der Waals surface area contributed by atoms with Gasteiger partial charge in [0.25, 0.3) is 0 Å². The quantitative estimate of drug-likeness (QED) is 0.283. The fourth-order valence-electron chi connectivity index (χ4n) is 3.29. The molecule has 1 saturated heterocycles. The van der Waals surface area contributed by atoms with E-state index in [0.717, 1.165) is 44.6 Å². The van der Waals surface area contributed by atoms with Crippen LogP contribution in [0.1, 0.15) is 30.5 Å². The van der Waals surface area contributed by atoms with Gasteiger partial charge in [-0.05, 0) is 62.5 Å². The fourth-order valence-corrected chi connectivity index (χ4v) is 4.03. The number of piperidine rings is 1. The van der Waals surface area contributed by atoms with Crippen molar-refractivity contribution in [3.05, 3.63) is 40.3 Å². The maximum absolute atomic E-state index is 12.2. The van der Waals surface area contributed by atoms with E-state index in [0.29, 0.717) is 18.2 Å². The molecule has 11 heteroatoms. The molecule has 1 aromatic heterocycles. The number of aromatic nitrogens is 1. The molecule has 1 fully saturated rings. The molecule has 0 aliphatic carbocycles. The highest BCUT2D eigenvalue weighted by molar-refractivity contribution is 14.0. The Morgan fingerprint density at radius 1 is 1.29 bits per heavy atom. The Morgan fingerprint density at radius 3 is 2.55 bits per heavy atom. The summed E-state index contributed by atoms with van der Waals surface area (Å²) in [7, 11) is 0. The minimum Gasteiger partial charge on any atom is -0.406 e. The number of thiazole rings is 1. The van der Waals surface area contributed by atoms with Gasteiger partial charge in [0.15, 0.2) is 5.96 Å². The van der Waals surface area contributed by atoms with Gasteiger partial charge in [0, 0.05) is 24.2 Å². The van der Waals surface area contributed by atoms with Gasteiger partial charge in [0.2, 0.25) is 0 Å². The van der Waals surface area contributed by atoms with Gasteiger partial charge in [0.1, 0.15) is 5.75 Å². The van der Waals surface area contributed by atoms with Gasteiger partial charge >= 0.3 is 6.36 Å². The largest absolute Gasteiger partial charge is 0.573 e. The minimum atomic E-state index is -4.70. The van der Waals surface area contributed by atoms with Crippen LogP contribution in [0.3, 0.4) is 0 Å². The van der Waals surface area contributed by atoms with E-state index in [4.69, 9.17) is 5.73 Å². The first kappa shape index (κ1) is 25.7. The second-order valence-corrected chi connectivity index (χ2v) is 8.17. The molecule has 6 nitrogen and oxygen atoms in total. The third-order valence-corrected chi connectivity index (χ3v) is 5.92. The number of nitrogens with two attached hydrogens (primary N) is 1. The summed E-state index contributed by atoms with van der Waals surface area (Å²) >= 11 is 1.72. The van der Waals surface area contributed by atoms with Gasteiger partial charge in [-0.15, -0.1) is 48.5 Å². The average molecular weight is 569 g/mol. The molecule has 3 N–H and O–H groups in total. The number of nitrogens with one attached hydrogen (secondary N) is 1. The molecule has 0 spiro atoms. The predicted octanol–water partition coefficient (Wildman–Crippen LogP) is 4.86. The first-order valence-electron chi connectivity index (χ1n) is 9.89. The molecule has 1 aliphatic rings. The highest BCUT2D eigenvalue weighted by Gasteiger charge is 2.31. The summed E-state index contributed by atoms with van der Waals surface area (Å²) in [5.41, 5.74) is 7.62. The Hall–Kier alpha value is -1.60. The number of hydrogen-bond acceptors (Lipinski definition) is 5. The predicted molar refractivity (Wildman–Crippen MR) is 128 cm³/mol. The van der Waals surface area contributed by atoms with Crippen molar-refractivity contribution >= 4 is 47.0 Å². The lowest BCUT2D eigenvalue weighted by Crippen LogP contribution is -2.34. The molecular formula is C20H27F3IN5OS. The third kappa shape index (κ3) is 8.81. The van der Waals surface area contributed by atoms with E-state index in [1.807, 2.05) is 0 Å². The van der Waals surface area contributed by atoms with Crippen LogP contribution in [0, 0.1) is 5.92 Å². The zero-order chi connectivity index (χ0) is 21.6. The van der Waals surface area contributed by atoms with Crippen molar-refractivity contribution in [2.45, 2.75) is 39.1 Å². The number of aliphatic imine (C=N–C) groups is 1. The summed E-state index contributed by atoms with van der Waals surface area (Å²) in [4.78, 5) is 11.4. The van der Waals surface area contributed by atoms with Crippen LogP contribution in [-0.2, 0) is 13.0 Å². The number of anilines is 1. The summed E-state index contributed by atoms with van der Waals surface area (Å²) < 4.78 is 40.4. The molecule has 0 saturated carbocycles. The summed E-state index contributed by atoms with van der Waals surface area (Å²) in [5.74, 6) is 0.432. The van der Waals surface area contributed by atoms with Crippen molar-refractivity contribution in [1.82, 2.24) is 9.88 Å². The van der Waals surface area contributed by atoms with E-state index in [2.05, 4.69) is 37.2 Å². The SMILES string of the molecule is CCc1nc(CN2CCC(CN=C(N)Nc3ccc(OC(F)(F)F)cc3)CC2)cs1.I. The van der Waals surface area contributed by atoms with E-state index in [1.54, 1.807) is 11.3 Å². The zero-order valence-electron chi connectivity index (χ0n) is 17.2. The molecule has 2 aromatic rings. The summed E-state index contributed by atoms with van der Waals surface area (Å²) in [6.07, 6.45) is -1.63. The van der Waals surface area contributed by atoms with Crippen molar-refractivity contribution in [1.29, 1.82) is 0 Å². The molecule has 3 rings (SSSR count). The van der Waals surface area contributed by atoms with E-state index >= 15 is 0 Å². The van der Waals surface area contributed by atoms with Gasteiger partial charge in [-0.3, -0.25) is 9.89 Å². The summed E-state index contributed by atoms with van der Waals surface area (Å²) in [6.45, 7) is 5.65. The molecule has 1 aliphatic heterocycles. The van der Waals surface area contributed by atoms with Gasteiger partial charge < -0.3 is 15.8 Å². The maximum atomic E-state index is 12.2. The van der Waals surface area contributed by atoms with E-state index in [-0.39, 0.29) is 35.7 Å². The molecule has 172 valence electrons. The Morgan fingerprint density at radius 2 is 1.97 bits per heavy atom. The molecule has 31 heavy (non-hydrogen) atoms. The Bertz CT molecular complexity index is 836. The average Bonchev–Trinajstić information content (AvgIpc) is 3.15. The highest BCUT2D eigenvalue weighted by atomic mass is 127. The van der Waals surface area contributed by atoms with Gasteiger partial charge in [0.05, 0.1) is 10.7 Å². The Balaban J connectivity index is 0.00000341. The van der Waals surface area contributed by atoms with Crippen LogP contribution in [0.15, 0.2) is 34.6 Å². The third-order valence-electron chi connectivity index (χ3n) is 4.87. The minimum absolute atomic E-state index is 0. The molecule has 1 aromatic carbocycles. The molecule has 0 amide bonds. The first-order chi connectivity index (χ1) is 14.3. The lowest BCUT2D eigenvalue weighted by molar-refractivity contribution is -0.274. The standard InChI is InChI=1S/C20H26F3N5OS.HI/c1-2-18-26-16(13-30-18)12-28-9-7-14(8-10-28)11-25-19(24)27-15-3-5-17(6-4-15)29-20(21,22)23;/h3-6,13-14H,2,7-12H2,1H3,(H3,24,25,27);1H. The lowest BCUT2D eigenvalue weighted by Gasteiger charge is -2.30. The van der Waals surface area contributed by atoms with Gasteiger partial charge in [-0.1, -0.05) is 6.92 Å². The second-order valence-electron chi connectivity index (χ2n) is 7.23. The van der Waals surface area contributed by atoms with E-state index < -0.39 is 6.36 Å². The monoisotopic (exact) mass is 569 g/mol. The molecule has 0 unspecified atom stereocenters. The van der Waals surface area contributed by atoms with Crippen LogP contribution in [0.2, 0.25) is 0 Å². The van der Waals surface area contributed by atoms with Gasteiger partial charge in [-0.2, -0.15) is 0 Å². The number of likely N-dealkylation sites (tertiary alicyclic amines) is 1. The summed E-state index contributed by atoms with van der Waals surface area (Å²) in [5, 5.41) is 6.22. The van der Waals surface area contributed by atoms with Gasteiger partial charge in [-0.25, -0.2) is 4.98 Å². The van der Waals surface area contributed by atoms with Crippen LogP contribution in [0.5, 0.6) is 5.75 Å². The van der Waals surface area contributed by atoms with Crippen molar-refractivity contribution in [3.63, 3.8) is 0 Å². The maximum Gasteiger partial charge on any atom is 0.573 e. The Labute approximate surface area is 201 Å². The number of ether oxygens (including phenoxy) is 1. The van der Waals surface area contributed by atoms with Crippen molar-refractivity contribution in [2.24, 2.45) is 16.6 Å². The van der Waals surface area contributed by atoms with Crippen LogP contribution >= 0.6 is 35.3 Å². The van der Waals surface area contributed by atoms with Crippen LogP contribution in [-0.4, -0.2) is 41.8 Å². The molecule has 0 bridgehead atoms. The Kier molecular flexibility index (Phi) is 9.82.